The van der Waals surface area contributed by atoms with Gasteiger partial charge in [0, 0.05) is 24.2 Å². The Morgan fingerprint density at radius 1 is 1.15 bits per heavy atom. The van der Waals surface area contributed by atoms with Crippen LogP contribution in [0.3, 0.4) is 0 Å². The monoisotopic (exact) mass is 499 g/mol. The number of hydrogen-bond acceptors (Lipinski definition) is 8. The minimum Gasteiger partial charge on any atom is -0.495 e. The average Bonchev–Trinajstić information content (AvgIpc) is 3.23. The molecule has 0 saturated heterocycles. The first-order valence-electron chi connectivity index (χ1n) is 10.1. The molecule has 34 heavy (non-hydrogen) atoms. The second-order valence-corrected chi connectivity index (χ2v) is 10.1. The summed E-state index contributed by atoms with van der Waals surface area (Å²) in [6.07, 6.45) is 0. The molecule has 2 aromatic carbocycles. The first-order chi connectivity index (χ1) is 16.2. The van der Waals surface area contributed by atoms with Crippen molar-refractivity contribution < 1.29 is 22.7 Å². The summed E-state index contributed by atoms with van der Waals surface area (Å²) in [4.78, 5) is 29.6. The maximum Gasteiger partial charge on any atom is 0.338 e. The van der Waals surface area contributed by atoms with Gasteiger partial charge in [0.05, 0.1) is 29.0 Å². The van der Waals surface area contributed by atoms with E-state index in [0.29, 0.717) is 22.1 Å². The van der Waals surface area contributed by atoms with Gasteiger partial charge in [-0.1, -0.05) is 12.1 Å². The minimum absolute atomic E-state index is 0.00524. The van der Waals surface area contributed by atoms with Gasteiger partial charge in [-0.3, -0.25) is 13.5 Å². The van der Waals surface area contributed by atoms with E-state index in [1.54, 1.807) is 24.3 Å². The van der Waals surface area contributed by atoms with Crippen molar-refractivity contribution in [1.82, 2.24) is 9.38 Å². The summed E-state index contributed by atoms with van der Waals surface area (Å²) >= 11 is 1.32. The van der Waals surface area contributed by atoms with Gasteiger partial charge in [0.2, 0.25) is 0 Å². The van der Waals surface area contributed by atoms with Crippen molar-refractivity contribution in [1.29, 1.82) is 0 Å². The molecule has 4 aromatic rings. The van der Waals surface area contributed by atoms with Crippen LogP contribution in [0.25, 0.3) is 4.96 Å². The van der Waals surface area contributed by atoms with Crippen LogP contribution in [0.15, 0.2) is 69.7 Å². The van der Waals surface area contributed by atoms with Crippen molar-refractivity contribution in [2.75, 3.05) is 18.5 Å². The molecule has 2 aromatic heterocycles. The molecule has 4 rings (SSSR count). The third-order valence-corrected chi connectivity index (χ3v) is 7.88. The predicted octanol–water partition coefficient (Wildman–Crippen LogP) is 3.26. The van der Waals surface area contributed by atoms with E-state index < -0.39 is 16.0 Å². The first kappa shape index (κ1) is 23.5. The van der Waals surface area contributed by atoms with Crippen LogP contribution in [0.4, 0.5) is 5.69 Å². The number of aromatic nitrogens is 2. The highest BCUT2D eigenvalue weighted by Gasteiger charge is 2.24. The van der Waals surface area contributed by atoms with E-state index in [1.165, 1.54) is 60.2 Å². The maximum atomic E-state index is 13.0. The number of thiazole rings is 1. The molecule has 0 radical (unpaired) electrons. The van der Waals surface area contributed by atoms with Gasteiger partial charge in [0.25, 0.3) is 15.6 Å². The predicted molar refractivity (Wildman–Crippen MR) is 128 cm³/mol. The molecule has 0 amide bonds. The van der Waals surface area contributed by atoms with Crippen LogP contribution >= 0.6 is 11.3 Å². The number of methoxy groups -OCH3 is 1. The Labute approximate surface area is 199 Å². The Balaban J connectivity index is 1.48. The molecule has 0 atom stereocenters. The zero-order valence-electron chi connectivity index (χ0n) is 18.6. The Kier molecular flexibility index (Phi) is 6.40. The van der Waals surface area contributed by atoms with Crippen LogP contribution in [0, 0.1) is 6.92 Å². The molecule has 11 heteroatoms. The Morgan fingerprint density at radius 2 is 1.85 bits per heavy atom. The summed E-state index contributed by atoms with van der Waals surface area (Å²) in [6, 6.07) is 13.5. The standard InChI is InChI=1S/C23H21N3O6S2/c1-15-14-33-23-24-17(12-21(27)26(15)23)13-32-22(28)16-8-10-18(11-9-16)34(29,30)25(2)19-6-4-5-7-20(19)31-3/h4-12,14H,13H2,1-3H3. The number of fused-ring (bicyclic) bond motifs is 1. The van der Waals surface area contributed by atoms with Crippen LogP contribution in [-0.4, -0.2) is 37.9 Å². The molecule has 9 nitrogen and oxygen atoms in total. The summed E-state index contributed by atoms with van der Waals surface area (Å²) < 4.78 is 39.2. The molecule has 2 heterocycles. The first-order valence-corrected chi connectivity index (χ1v) is 12.4. The Morgan fingerprint density at radius 3 is 2.56 bits per heavy atom. The third-order valence-electron chi connectivity index (χ3n) is 5.15. The van der Waals surface area contributed by atoms with E-state index >= 15 is 0 Å². The molecule has 0 aliphatic heterocycles. The highest BCUT2D eigenvalue weighted by molar-refractivity contribution is 7.92. The van der Waals surface area contributed by atoms with Crippen LogP contribution in [-0.2, 0) is 21.4 Å². The summed E-state index contributed by atoms with van der Waals surface area (Å²) in [5.74, 6) is -0.246. The fraction of sp³-hybridized carbons (Fsp3) is 0.174. The van der Waals surface area contributed by atoms with Gasteiger partial charge >= 0.3 is 5.97 Å². The van der Waals surface area contributed by atoms with Crippen molar-refractivity contribution in [2.24, 2.45) is 0 Å². The summed E-state index contributed by atoms with van der Waals surface area (Å²) in [5, 5.41) is 1.82. The molecule has 0 fully saturated rings. The number of hydrogen-bond donors (Lipinski definition) is 0. The van der Waals surface area contributed by atoms with Gasteiger partial charge in [0.15, 0.2) is 4.96 Å². The van der Waals surface area contributed by atoms with Gasteiger partial charge < -0.3 is 9.47 Å². The number of rotatable bonds is 7. The van der Waals surface area contributed by atoms with E-state index in [0.717, 1.165) is 10.00 Å². The fourth-order valence-corrected chi connectivity index (χ4v) is 5.43. The number of benzene rings is 2. The van der Waals surface area contributed by atoms with E-state index in [2.05, 4.69) is 4.98 Å². The lowest BCUT2D eigenvalue weighted by molar-refractivity contribution is 0.0467. The van der Waals surface area contributed by atoms with Crippen molar-refractivity contribution in [3.05, 3.63) is 87.3 Å². The molecule has 0 aliphatic rings. The number of aryl methyl sites for hydroxylation is 1. The zero-order valence-corrected chi connectivity index (χ0v) is 20.2. The lowest BCUT2D eigenvalue weighted by Gasteiger charge is -2.21. The SMILES string of the molecule is COc1ccccc1N(C)S(=O)(=O)c1ccc(C(=O)OCc2cc(=O)n3c(C)csc3n2)cc1. The zero-order chi connectivity index (χ0) is 24.5. The lowest BCUT2D eigenvalue weighted by atomic mass is 10.2. The highest BCUT2D eigenvalue weighted by atomic mass is 32.2. The van der Waals surface area contributed by atoms with Crippen molar-refractivity contribution >= 4 is 38.0 Å². The highest BCUT2D eigenvalue weighted by Crippen LogP contribution is 2.30. The summed E-state index contributed by atoms with van der Waals surface area (Å²) in [5.41, 5.74) is 1.42. The summed E-state index contributed by atoms with van der Waals surface area (Å²) in [6.45, 7) is 1.63. The van der Waals surface area contributed by atoms with Crippen molar-refractivity contribution in [3.8, 4) is 5.75 Å². The lowest BCUT2D eigenvalue weighted by Crippen LogP contribution is -2.27. The fourth-order valence-electron chi connectivity index (χ4n) is 3.34. The smallest absolute Gasteiger partial charge is 0.338 e. The van der Waals surface area contributed by atoms with Gasteiger partial charge in [-0.25, -0.2) is 18.2 Å². The van der Waals surface area contributed by atoms with E-state index in [-0.39, 0.29) is 22.6 Å². The quantitative estimate of drug-likeness (QED) is 0.359. The number of carbonyl (C=O) groups is 1. The molecule has 0 spiro atoms. The molecule has 0 N–H and O–H groups in total. The number of anilines is 1. The number of carbonyl (C=O) groups excluding carboxylic acids is 1. The molecule has 176 valence electrons. The number of esters is 1. The van der Waals surface area contributed by atoms with Crippen LogP contribution < -0.4 is 14.6 Å². The Bertz CT molecular complexity index is 1520. The molecule has 0 saturated carbocycles. The maximum absolute atomic E-state index is 13.0. The van der Waals surface area contributed by atoms with Crippen LogP contribution in [0.2, 0.25) is 0 Å². The molecule has 0 bridgehead atoms. The van der Waals surface area contributed by atoms with Gasteiger partial charge in [-0.05, 0) is 43.3 Å². The molecular weight excluding hydrogens is 478 g/mol. The molecular formula is C23H21N3O6S2. The Hall–Kier alpha value is -3.70. The summed E-state index contributed by atoms with van der Waals surface area (Å²) in [7, 11) is -0.999. The second-order valence-electron chi connectivity index (χ2n) is 7.33. The largest absolute Gasteiger partial charge is 0.495 e. The van der Waals surface area contributed by atoms with E-state index in [4.69, 9.17) is 9.47 Å². The van der Waals surface area contributed by atoms with Gasteiger partial charge in [0.1, 0.15) is 12.4 Å². The number of nitrogens with zero attached hydrogens (tertiary/aromatic N) is 3. The van der Waals surface area contributed by atoms with Gasteiger partial charge in [-0.2, -0.15) is 0 Å². The number of sulfonamides is 1. The second kappa shape index (κ2) is 9.27. The molecule has 0 aliphatic carbocycles. The van der Waals surface area contributed by atoms with E-state index in [1.807, 2.05) is 12.3 Å². The number of ether oxygens (including phenoxy) is 2. The topological polar surface area (TPSA) is 107 Å². The van der Waals surface area contributed by atoms with Gasteiger partial charge in [-0.15, -0.1) is 11.3 Å². The van der Waals surface area contributed by atoms with Crippen molar-refractivity contribution in [3.63, 3.8) is 0 Å². The number of para-hydroxylation sites is 2. The normalized spacial score (nSPS) is 11.4. The van der Waals surface area contributed by atoms with Crippen LogP contribution in [0.1, 0.15) is 21.7 Å². The van der Waals surface area contributed by atoms with E-state index in [9.17, 15) is 18.0 Å². The average molecular weight is 500 g/mol. The van der Waals surface area contributed by atoms with Crippen LogP contribution in [0.5, 0.6) is 5.75 Å². The third kappa shape index (κ3) is 4.39. The molecule has 0 unspecified atom stereocenters. The van der Waals surface area contributed by atoms with Crippen molar-refractivity contribution in [2.45, 2.75) is 18.4 Å². The minimum atomic E-state index is -3.89.